The normalized spacial score (nSPS) is 38.2. The van der Waals surface area contributed by atoms with Gasteiger partial charge in [0, 0.05) is 12.2 Å². The van der Waals surface area contributed by atoms with E-state index in [0.717, 1.165) is 5.75 Å². The lowest BCUT2D eigenvalue weighted by Gasteiger charge is -2.20. The number of nitrogens with zero attached hydrogens (tertiary/aromatic N) is 1. The number of rotatable bonds is 1. The summed E-state index contributed by atoms with van der Waals surface area (Å²) in [5.41, 5.74) is 5.62. The van der Waals surface area contributed by atoms with E-state index in [1.165, 1.54) is 6.92 Å². The van der Waals surface area contributed by atoms with E-state index in [1.54, 1.807) is 16.7 Å². The van der Waals surface area contributed by atoms with E-state index in [9.17, 15) is 9.59 Å². The Morgan fingerprint density at radius 1 is 1.69 bits per heavy atom. The molecular formula is C8H12N2O2S. The third-order valence-corrected chi connectivity index (χ3v) is 3.90. The van der Waals surface area contributed by atoms with Crippen LogP contribution >= 0.6 is 11.8 Å². The number of nitrogens with two attached hydrogens (primary N) is 1. The van der Waals surface area contributed by atoms with Crippen molar-refractivity contribution in [1.29, 1.82) is 0 Å². The predicted molar refractivity (Wildman–Crippen MR) is 50.2 cm³/mol. The maximum absolute atomic E-state index is 11.5. The van der Waals surface area contributed by atoms with Crippen molar-refractivity contribution in [3.63, 3.8) is 0 Å². The molecule has 0 aliphatic carbocycles. The van der Waals surface area contributed by atoms with Crippen LogP contribution in [0.3, 0.4) is 0 Å². The van der Waals surface area contributed by atoms with Gasteiger partial charge in [-0.1, -0.05) is 0 Å². The molecule has 0 saturated carbocycles. The molecule has 0 aromatic rings. The number of fused-ring (bicyclic) bond motifs is 1. The molecule has 1 amide bonds. The highest BCUT2D eigenvalue weighted by molar-refractivity contribution is 8.00. The van der Waals surface area contributed by atoms with E-state index in [-0.39, 0.29) is 29.1 Å². The van der Waals surface area contributed by atoms with Crippen LogP contribution in [0.5, 0.6) is 0 Å². The van der Waals surface area contributed by atoms with Crippen molar-refractivity contribution in [3.05, 3.63) is 0 Å². The molecule has 0 bridgehead atoms. The molecule has 2 N–H and O–H groups in total. The summed E-state index contributed by atoms with van der Waals surface area (Å²) in [7, 11) is 0. The van der Waals surface area contributed by atoms with E-state index in [2.05, 4.69) is 0 Å². The molecule has 2 heterocycles. The van der Waals surface area contributed by atoms with Crippen LogP contribution < -0.4 is 5.73 Å². The summed E-state index contributed by atoms with van der Waals surface area (Å²) < 4.78 is 0. The summed E-state index contributed by atoms with van der Waals surface area (Å²) in [5.74, 6) is 0.742. The van der Waals surface area contributed by atoms with Crippen molar-refractivity contribution in [2.45, 2.75) is 30.8 Å². The lowest BCUT2D eigenvalue weighted by atomic mass is 10.2. The summed E-state index contributed by atoms with van der Waals surface area (Å²) >= 11 is 1.66. The van der Waals surface area contributed by atoms with Gasteiger partial charge in [-0.3, -0.25) is 9.59 Å². The van der Waals surface area contributed by atoms with Gasteiger partial charge in [-0.15, -0.1) is 11.8 Å². The standard InChI is InChI=1S/C8H12N2O2S/c1-4(11)6-3-13-7-2-5(9)8(12)10(6)7/h5-7H,2-3,9H2,1H3/t5-,6?,7+/m0/s1. The molecule has 2 rings (SSSR count). The summed E-state index contributed by atoms with van der Waals surface area (Å²) in [4.78, 5) is 24.4. The van der Waals surface area contributed by atoms with E-state index in [0.29, 0.717) is 6.42 Å². The number of Topliss-reactive ketones (excluding diaryl/α,β-unsaturated/α-hetero) is 1. The molecule has 13 heavy (non-hydrogen) atoms. The number of carbonyl (C=O) groups is 2. The van der Waals surface area contributed by atoms with Crippen LogP contribution in [0.15, 0.2) is 0 Å². The molecule has 2 fully saturated rings. The molecule has 4 nitrogen and oxygen atoms in total. The van der Waals surface area contributed by atoms with E-state index >= 15 is 0 Å². The number of thioether (sulfide) groups is 1. The van der Waals surface area contributed by atoms with Gasteiger partial charge < -0.3 is 10.6 Å². The second-order valence-electron chi connectivity index (χ2n) is 3.50. The van der Waals surface area contributed by atoms with E-state index in [4.69, 9.17) is 5.73 Å². The van der Waals surface area contributed by atoms with Crippen LogP contribution in [0.2, 0.25) is 0 Å². The van der Waals surface area contributed by atoms with Crippen LogP contribution in [0.4, 0.5) is 0 Å². The fourth-order valence-electron chi connectivity index (χ4n) is 1.86. The quantitative estimate of drug-likeness (QED) is 0.624. The summed E-state index contributed by atoms with van der Waals surface area (Å²) in [6, 6.07) is -0.615. The van der Waals surface area contributed by atoms with Gasteiger partial charge in [0.25, 0.3) is 0 Å². The number of carbonyl (C=O) groups excluding carboxylic acids is 2. The maximum Gasteiger partial charge on any atom is 0.241 e. The number of hydrogen-bond donors (Lipinski definition) is 1. The largest absolute Gasteiger partial charge is 0.320 e. The Morgan fingerprint density at radius 3 is 3.00 bits per heavy atom. The smallest absolute Gasteiger partial charge is 0.241 e. The Morgan fingerprint density at radius 2 is 2.38 bits per heavy atom. The third kappa shape index (κ3) is 1.26. The van der Waals surface area contributed by atoms with Crippen LogP contribution in [0, 0.1) is 0 Å². The molecule has 2 aliphatic rings. The molecular weight excluding hydrogens is 188 g/mol. The SMILES string of the molecule is CC(=O)C1CS[C@@H]2C[C@H](N)C(=O)N12. The van der Waals surface area contributed by atoms with Crippen LogP contribution in [-0.4, -0.2) is 39.8 Å². The number of ketones is 1. The van der Waals surface area contributed by atoms with Crippen molar-refractivity contribution >= 4 is 23.5 Å². The molecule has 0 radical (unpaired) electrons. The van der Waals surface area contributed by atoms with E-state index < -0.39 is 0 Å². The number of amides is 1. The zero-order valence-corrected chi connectivity index (χ0v) is 8.21. The first-order chi connectivity index (χ1) is 6.11. The molecule has 2 aliphatic heterocycles. The average Bonchev–Trinajstić information content (AvgIpc) is 2.55. The monoisotopic (exact) mass is 200 g/mol. The fourth-order valence-corrected chi connectivity index (χ4v) is 3.42. The highest BCUT2D eigenvalue weighted by Gasteiger charge is 2.47. The molecule has 1 unspecified atom stereocenters. The lowest BCUT2D eigenvalue weighted by Crippen LogP contribution is -2.43. The first-order valence-electron chi connectivity index (χ1n) is 4.31. The minimum Gasteiger partial charge on any atom is -0.320 e. The van der Waals surface area contributed by atoms with Gasteiger partial charge in [-0.2, -0.15) is 0 Å². The van der Waals surface area contributed by atoms with Gasteiger partial charge in [0.15, 0.2) is 5.78 Å². The minimum atomic E-state index is -0.389. The first kappa shape index (κ1) is 9.02. The zero-order chi connectivity index (χ0) is 9.59. The highest BCUT2D eigenvalue weighted by atomic mass is 32.2. The topological polar surface area (TPSA) is 63.4 Å². The zero-order valence-electron chi connectivity index (χ0n) is 7.40. The third-order valence-electron chi connectivity index (χ3n) is 2.59. The molecule has 0 aromatic heterocycles. The molecule has 3 atom stereocenters. The van der Waals surface area contributed by atoms with Gasteiger partial charge in [0.05, 0.1) is 11.4 Å². The lowest BCUT2D eigenvalue weighted by molar-refractivity contribution is -0.135. The maximum atomic E-state index is 11.5. The van der Waals surface area contributed by atoms with Crippen LogP contribution in [-0.2, 0) is 9.59 Å². The Hall–Kier alpha value is -0.550. The predicted octanol–water partition coefficient (Wildman–Crippen LogP) is -0.424. The molecule has 0 aromatic carbocycles. The van der Waals surface area contributed by atoms with Crippen LogP contribution in [0.1, 0.15) is 13.3 Å². The average molecular weight is 200 g/mol. The first-order valence-corrected chi connectivity index (χ1v) is 5.36. The van der Waals surface area contributed by atoms with Gasteiger partial charge in [0.1, 0.15) is 6.04 Å². The molecule has 72 valence electrons. The minimum absolute atomic E-state index is 0.0600. The summed E-state index contributed by atoms with van der Waals surface area (Å²) in [6.45, 7) is 1.53. The van der Waals surface area contributed by atoms with Crippen molar-refractivity contribution < 1.29 is 9.59 Å². The Balaban J connectivity index is 2.21. The van der Waals surface area contributed by atoms with Crippen molar-refractivity contribution in [3.8, 4) is 0 Å². The Bertz CT molecular complexity index is 269. The second-order valence-corrected chi connectivity index (χ2v) is 4.71. The second kappa shape index (κ2) is 2.99. The van der Waals surface area contributed by atoms with Crippen molar-refractivity contribution in [1.82, 2.24) is 4.90 Å². The molecule has 5 heteroatoms. The Labute approximate surface area is 80.8 Å². The number of hydrogen-bond acceptors (Lipinski definition) is 4. The highest BCUT2D eigenvalue weighted by Crippen LogP contribution is 2.37. The van der Waals surface area contributed by atoms with Gasteiger partial charge in [-0.05, 0) is 6.92 Å². The van der Waals surface area contributed by atoms with Gasteiger partial charge in [0.2, 0.25) is 5.91 Å². The van der Waals surface area contributed by atoms with Crippen molar-refractivity contribution in [2.24, 2.45) is 5.73 Å². The molecule has 2 saturated heterocycles. The summed E-state index contributed by atoms with van der Waals surface area (Å²) in [5, 5.41) is 0.149. The van der Waals surface area contributed by atoms with Crippen LogP contribution in [0.25, 0.3) is 0 Å². The Kier molecular flexibility index (Phi) is 2.08. The van der Waals surface area contributed by atoms with E-state index in [1.807, 2.05) is 0 Å². The summed E-state index contributed by atoms with van der Waals surface area (Å²) in [6.07, 6.45) is 0.688. The fraction of sp³-hybridized carbons (Fsp3) is 0.750. The van der Waals surface area contributed by atoms with Gasteiger partial charge in [-0.25, -0.2) is 0 Å². The van der Waals surface area contributed by atoms with Gasteiger partial charge >= 0.3 is 0 Å². The van der Waals surface area contributed by atoms with Crippen molar-refractivity contribution in [2.75, 3.05) is 5.75 Å². The molecule has 0 spiro atoms.